The molecule has 0 spiro atoms. The molecule has 0 saturated carbocycles. The quantitative estimate of drug-likeness (QED) is 0.764. The summed E-state index contributed by atoms with van der Waals surface area (Å²) in [6.45, 7) is 0.480. The first-order chi connectivity index (χ1) is 12.2. The Labute approximate surface area is 152 Å². The van der Waals surface area contributed by atoms with Crippen LogP contribution in [-0.2, 0) is 16.4 Å². The summed E-state index contributed by atoms with van der Waals surface area (Å²) in [4.78, 5) is 29.9. The molecule has 9 heteroatoms. The Bertz CT molecular complexity index is 806. The number of nitrogens with zero attached hydrogens (tertiary/aromatic N) is 3. The maximum absolute atomic E-state index is 12.9. The number of rotatable bonds is 2. The van der Waals surface area contributed by atoms with Gasteiger partial charge in [0.15, 0.2) is 9.84 Å². The largest absolute Gasteiger partial charge is 0.392 e. The number of hydrogen-bond donors (Lipinski definition) is 1. The molecule has 2 heterocycles. The number of aliphatic hydroxyl groups excluding tert-OH is 1. The molecular formula is C17H23N3O5S. The zero-order valence-electron chi connectivity index (χ0n) is 14.8. The second-order valence-electron chi connectivity index (χ2n) is 6.94. The normalized spacial score (nSPS) is 24.3. The Hall–Kier alpha value is -2.13. The highest BCUT2D eigenvalue weighted by atomic mass is 32.2. The van der Waals surface area contributed by atoms with Crippen LogP contribution in [0, 0.1) is 0 Å². The smallest absolute Gasteiger partial charge is 0.319 e. The Morgan fingerprint density at radius 2 is 1.62 bits per heavy atom. The molecular weight excluding hydrogens is 358 g/mol. The average Bonchev–Trinajstić information content (AvgIpc) is 2.94. The van der Waals surface area contributed by atoms with E-state index in [-0.39, 0.29) is 36.6 Å². The molecule has 8 nitrogen and oxygen atoms in total. The van der Waals surface area contributed by atoms with Crippen molar-refractivity contribution in [3.8, 4) is 0 Å². The molecule has 1 aromatic carbocycles. The number of urea groups is 1. The van der Waals surface area contributed by atoms with Crippen LogP contribution in [0.5, 0.6) is 0 Å². The molecule has 2 fully saturated rings. The van der Waals surface area contributed by atoms with Gasteiger partial charge in [-0.25, -0.2) is 13.2 Å². The lowest BCUT2D eigenvalue weighted by atomic mass is 10.0. The van der Waals surface area contributed by atoms with Gasteiger partial charge in [0.05, 0.1) is 30.2 Å². The fourth-order valence-electron chi connectivity index (χ4n) is 3.62. The lowest BCUT2D eigenvalue weighted by Gasteiger charge is -2.44. The van der Waals surface area contributed by atoms with E-state index >= 15 is 0 Å². The molecule has 26 heavy (non-hydrogen) atoms. The molecule has 0 bridgehead atoms. The highest BCUT2D eigenvalue weighted by Crippen LogP contribution is 2.28. The third-order valence-electron chi connectivity index (χ3n) is 4.95. The highest BCUT2D eigenvalue weighted by Gasteiger charge is 2.49. The summed E-state index contributed by atoms with van der Waals surface area (Å²) in [5.74, 6) is -0.502. The van der Waals surface area contributed by atoms with Crippen LogP contribution in [0.2, 0.25) is 0 Å². The SMILES string of the molecule is CN(C)C(=O)N1CCN(C(=O)c2ccc(CO)cc2)[C@H]2CS(=O)(=O)C[C@H]21. The monoisotopic (exact) mass is 381 g/mol. The van der Waals surface area contributed by atoms with Gasteiger partial charge < -0.3 is 19.8 Å². The molecule has 2 saturated heterocycles. The van der Waals surface area contributed by atoms with Crippen molar-refractivity contribution in [3.05, 3.63) is 35.4 Å². The average molecular weight is 381 g/mol. The number of sulfone groups is 1. The van der Waals surface area contributed by atoms with Crippen LogP contribution in [-0.4, -0.2) is 90.9 Å². The summed E-state index contributed by atoms with van der Waals surface area (Å²) >= 11 is 0. The lowest BCUT2D eigenvalue weighted by Crippen LogP contribution is -2.63. The van der Waals surface area contributed by atoms with Crippen LogP contribution < -0.4 is 0 Å². The summed E-state index contributed by atoms with van der Waals surface area (Å²) in [7, 11) is -0.0676. The van der Waals surface area contributed by atoms with Gasteiger partial charge in [0.1, 0.15) is 0 Å². The Morgan fingerprint density at radius 3 is 2.15 bits per heavy atom. The number of hydrogen-bond acceptors (Lipinski definition) is 5. The molecule has 1 N–H and O–H groups in total. The molecule has 0 aromatic heterocycles. The summed E-state index contributed by atoms with van der Waals surface area (Å²) in [6.07, 6.45) is 0. The first-order valence-electron chi connectivity index (χ1n) is 8.42. The van der Waals surface area contributed by atoms with Crippen LogP contribution >= 0.6 is 0 Å². The van der Waals surface area contributed by atoms with Crippen molar-refractivity contribution in [2.24, 2.45) is 0 Å². The number of piperazine rings is 1. The van der Waals surface area contributed by atoms with Crippen molar-refractivity contribution in [3.63, 3.8) is 0 Å². The zero-order chi connectivity index (χ0) is 19.1. The predicted molar refractivity (Wildman–Crippen MR) is 95.4 cm³/mol. The van der Waals surface area contributed by atoms with Crippen molar-refractivity contribution in [1.82, 2.24) is 14.7 Å². The van der Waals surface area contributed by atoms with Crippen LogP contribution in [0.25, 0.3) is 0 Å². The van der Waals surface area contributed by atoms with Gasteiger partial charge in [-0.2, -0.15) is 0 Å². The van der Waals surface area contributed by atoms with Gasteiger partial charge >= 0.3 is 6.03 Å². The molecule has 1 aromatic rings. The fraction of sp³-hybridized carbons (Fsp3) is 0.529. The summed E-state index contributed by atoms with van der Waals surface area (Å²) in [6, 6.07) is 5.29. The number of carbonyl (C=O) groups is 2. The van der Waals surface area contributed by atoms with Gasteiger partial charge in [-0.1, -0.05) is 12.1 Å². The van der Waals surface area contributed by atoms with Gasteiger partial charge in [0.2, 0.25) is 0 Å². The van der Waals surface area contributed by atoms with E-state index in [1.807, 2.05) is 0 Å². The molecule has 2 aliphatic rings. The standard InChI is InChI=1S/C17H23N3O5S/c1-18(2)17(23)20-8-7-19(14-10-26(24,25)11-15(14)20)16(22)13-5-3-12(9-21)4-6-13/h3-6,14-15,21H,7-11H2,1-2H3/t14-,15+/m0/s1. The number of fused-ring (bicyclic) bond motifs is 1. The van der Waals surface area contributed by atoms with Crippen LogP contribution in [0.15, 0.2) is 24.3 Å². The first-order valence-corrected chi connectivity index (χ1v) is 10.2. The predicted octanol–water partition coefficient (Wildman–Crippen LogP) is -0.216. The van der Waals surface area contributed by atoms with Gasteiger partial charge in [-0.05, 0) is 17.7 Å². The minimum Gasteiger partial charge on any atom is -0.392 e. The second kappa shape index (κ2) is 6.88. The van der Waals surface area contributed by atoms with E-state index in [4.69, 9.17) is 5.11 Å². The van der Waals surface area contributed by atoms with Crippen molar-refractivity contribution < 1.29 is 23.1 Å². The summed E-state index contributed by atoms with van der Waals surface area (Å²) in [5, 5.41) is 9.12. The number of aliphatic hydroxyl groups is 1. The van der Waals surface area contributed by atoms with E-state index in [9.17, 15) is 18.0 Å². The number of carbonyl (C=O) groups excluding carboxylic acids is 2. The molecule has 0 unspecified atom stereocenters. The van der Waals surface area contributed by atoms with Crippen molar-refractivity contribution >= 4 is 21.8 Å². The highest BCUT2D eigenvalue weighted by molar-refractivity contribution is 7.91. The Balaban J connectivity index is 1.87. The van der Waals surface area contributed by atoms with Gasteiger partial charge in [-0.15, -0.1) is 0 Å². The third kappa shape index (κ3) is 3.41. The minimum absolute atomic E-state index is 0.108. The Morgan fingerprint density at radius 1 is 1.08 bits per heavy atom. The van der Waals surface area contributed by atoms with E-state index in [1.54, 1.807) is 48.2 Å². The second-order valence-corrected chi connectivity index (χ2v) is 9.09. The van der Waals surface area contributed by atoms with Gasteiger partial charge in [0.25, 0.3) is 5.91 Å². The van der Waals surface area contributed by atoms with Gasteiger partial charge in [-0.3, -0.25) is 4.79 Å². The van der Waals surface area contributed by atoms with E-state index in [1.165, 1.54) is 4.90 Å². The molecule has 142 valence electrons. The van der Waals surface area contributed by atoms with Crippen molar-refractivity contribution in [2.45, 2.75) is 18.7 Å². The number of amides is 3. The van der Waals surface area contributed by atoms with Crippen LogP contribution in [0.1, 0.15) is 15.9 Å². The van der Waals surface area contributed by atoms with Crippen molar-refractivity contribution in [2.75, 3.05) is 38.7 Å². The molecule has 2 aliphatic heterocycles. The topological polar surface area (TPSA) is 98.2 Å². The Kier molecular flexibility index (Phi) is 4.94. The minimum atomic E-state index is -3.32. The fourth-order valence-corrected chi connectivity index (χ4v) is 5.60. The van der Waals surface area contributed by atoms with E-state index in [0.29, 0.717) is 17.7 Å². The molecule has 0 radical (unpaired) electrons. The van der Waals surface area contributed by atoms with Crippen molar-refractivity contribution in [1.29, 1.82) is 0 Å². The molecule has 2 atom stereocenters. The van der Waals surface area contributed by atoms with Crippen LogP contribution in [0.3, 0.4) is 0 Å². The lowest BCUT2D eigenvalue weighted by molar-refractivity contribution is 0.0393. The first kappa shape index (κ1) is 18.7. The van der Waals surface area contributed by atoms with Gasteiger partial charge in [0, 0.05) is 32.7 Å². The summed E-state index contributed by atoms with van der Waals surface area (Å²) < 4.78 is 24.4. The number of benzene rings is 1. The van der Waals surface area contributed by atoms with Crippen LogP contribution in [0.4, 0.5) is 4.79 Å². The third-order valence-corrected chi connectivity index (χ3v) is 6.65. The van der Waals surface area contributed by atoms with E-state index < -0.39 is 21.9 Å². The van der Waals surface area contributed by atoms with E-state index in [2.05, 4.69) is 0 Å². The molecule has 3 rings (SSSR count). The maximum atomic E-state index is 12.9. The molecule has 0 aliphatic carbocycles. The zero-order valence-corrected chi connectivity index (χ0v) is 15.6. The van der Waals surface area contributed by atoms with E-state index in [0.717, 1.165) is 0 Å². The summed E-state index contributed by atoms with van der Waals surface area (Å²) in [5.41, 5.74) is 1.14. The molecule has 3 amide bonds. The maximum Gasteiger partial charge on any atom is 0.319 e.